The number of benzene rings is 2. The summed E-state index contributed by atoms with van der Waals surface area (Å²) in [5.74, 6) is -0.825. The van der Waals surface area contributed by atoms with Crippen LogP contribution < -0.4 is 15.4 Å². The Hall–Kier alpha value is -3.16. The number of amides is 2. The lowest BCUT2D eigenvalue weighted by Gasteiger charge is -2.19. The number of carboxylic acids is 1. The predicted octanol–water partition coefficient (Wildman–Crippen LogP) is 3.93. The van der Waals surface area contributed by atoms with Crippen molar-refractivity contribution in [2.24, 2.45) is 0 Å². The molecule has 0 aliphatic heterocycles. The number of carbonyl (C=O) groups is 2. The van der Waals surface area contributed by atoms with Crippen molar-refractivity contribution in [2.75, 3.05) is 11.9 Å². The molecule has 0 saturated carbocycles. The van der Waals surface area contributed by atoms with Crippen molar-refractivity contribution in [3.63, 3.8) is 0 Å². The number of carbonyl (C=O) groups excluding carboxylic acids is 1. The number of hydrogen-bond acceptors (Lipinski definition) is 3. The van der Waals surface area contributed by atoms with Crippen molar-refractivity contribution < 1.29 is 28.2 Å². The third kappa shape index (κ3) is 7.61. The Morgan fingerprint density at radius 1 is 1.04 bits per heavy atom. The molecule has 150 valence electrons. The Morgan fingerprint density at radius 3 is 2.39 bits per heavy atom. The van der Waals surface area contributed by atoms with Gasteiger partial charge in [0, 0.05) is 12.5 Å². The summed E-state index contributed by atoms with van der Waals surface area (Å²) < 4.78 is 29.8. The van der Waals surface area contributed by atoms with Crippen LogP contribution in [0.3, 0.4) is 0 Å². The summed E-state index contributed by atoms with van der Waals surface area (Å²) in [5.41, 5.74) is 1.20. The normalized spacial score (nSPS) is 11.7. The highest BCUT2D eigenvalue weighted by Gasteiger charge is 2.16. The van der Waals surface area contributed by atoms with E-state index in [0.29, 0.717) is 6.42 Å². The molecule has 2 rings (SSSR count). The third-order valence-corrected chi connectivity index (χ3v) is 3.87. The lowest BCUT2D eigenvalue weighted by molar-refractivity contribution is -0.137. The van der Waals surface area contributed by atoms with Crippen LogP contribution in [0, 0.1) is 0 Å². The average molecular weight is 392 g/mol. The van der Waals surface area contributed by atoms with Gasteiger partial charge < -0.3 is 20.5 Å². The molecule has 6 nitrogen and oxygen atoms in total. The largest absolute Gasteiger partial charge is 0.485 e. The van der Waals surface area contributed by atoms with Crippen molar-refractivity contribution in [1.29, 1.82) is 0 Å². The van der Waals surface area contributed by atoms with Crippen LogP contribution in [0.4, 0.5) is 19.3 Å². The standard InChI is InChI=1S/C20H22F2N2O4/c21-18(22)13-28-17-9-5-4-8-16(17)24-20(27)23-15(10-11-19(25)26)12-14-6-2-1-3-7-14/h1-9,15,18H,10-13H2,(H,25,26)(H2,23,24,27). The molecule has 0 heterocycles. The molecular weight excluding hydrogens is 370 g/mol. The molecule has 0 fully saturated rings. The second kappa shape index (κ2) is 10.9. The summed E-state index contributed by atoms with van der Waals surface area (Å²) in [6, 6.07) is 14.6. The maximum Gasteiger partial charge on any atom is 0.319 e. The van der Waals surface area contributed by atoms with Gasteiger partial charge >= 0.3 is 12.0 Å². The molecule has 2 amide bonds. The SMILES string of the molecule is O=C(O)CCC(Cc1ccccc1)NC(=O)Nc1ccccc1OCC(F)F. The first-order valence-corrected chi connectivity index (χ1v) is 8.77. The summed E-state index contributed by atoms with van der Waals surface area (Å²) in [4.78, 5) is 23.3. The predicted molar refractivity (Wildman–Crippen MR) is 101 cm³/mol. The molecule has 1 atom stereocenters. The number of urea groups is 1. The fourth-order valence-electron chi connectivity index (χ4n) is 2.61. The van der Waals surface area contributed by atoms with Gasteiger partial charge in [-0.15, -0.1) is 0 Å². The molecule has 0 saturated heterocycles. The van der Waals surface area contributed by atoms with Crippen LogP contribution in [0.5, 0.6) is 5.75 Å². The van der Waals surface area contributed by atoms with E-state index in [1.807, 2.05) is 30.3 Å². The van der Waals surface area contributed by atoms with Gasteiger partial charge in [-0.05, 0) is 30.5 Å². The van der Waals surface area contributed by atoms with Crippen LogP contribution in [0.25, 0.3) is 0 Å². The van der Waals surface area contributed by atoms with Crippen molar-refractivity contribution in [2.45, 2.75) is 31.7 Å². The number of alkyl halides is 2. The molecule has 0 aromatic heterocycles. The van der Waals surface area contributed by atoms with Gasteiger partial charge in [0.1, 0.15) is 12.4 Å². The molecule has 0 aliphatic carbocycles. The molecular formula is C20H22F2N2O4. The summed E-state index contributed by atoms with van der Waals surface area (Å²) in [6.45, 7) is -0.782. The molecule has 28 heavy (non-hydrogen) atoms. The number of aliphatic carboxylic acids is 1. The number of halogens is 2. The van der Waals surface area contributed by atoms with E-state index in [9.17, 15) is 18.4 Å². The molecule has 0 bridgehead atoms. The van der Waals surface area contributed by atoms with E-state index in [-0.39, 0.29) is 24.3 Å². The summed E-state index contributed by atoms with van der Waals surface area (Å²) in [5, 5.41) is 14.2. The third-order valence-electron chi connectivity index (χ3n) is 3.87. The number of nitrogens with one attached hydrogen (secondary N) is 2. The number of anilines is 1. The van der Waals surface area contributed by atoms with Gasteiger partial charge in [0.05, 0.1) is 5.69 Å². The van der Waals surface area contributed by atoms with Crippen molar-refractivity contribution in [3.05, 3.63) is 60.2 Å². The van der Waals surface area contributed by atoms with Gasteiger partial charge in [0.15, 0.2) is 0 Å². The lowest BCUT2D eigenvalue weighted by Crippen LogP contribution is -2.39. The van der Waals surface area contributed by atoms with E-state index < -0.39 is 31.1 Å². The number of hydrogen-bond donors (Lipinski definition) is 3. The van der Waals surface area contributed by atoms with E-state index in [1.165, 1.54) is 12.1 Å². The summed E-state index contributed by atoms with van der Waals surface area (Å²) in [6.07, 6.45) is -2.01. The zero-order valence-electron chi connectivity index (χ0n) is 15.1. The van der Waals surface area contributed by atoms with Gasteiger partial charge in [-0.1, -0.05) is 42.5 Å². The number of para-hydroxylation sites is 2. The molecule has 2 aromatic carbocycles. The fraction of sp³-hybridized carbons (Fsp3) is 0.300. The number of carboxylic acid groups (broad SMARTS) is 1. The Bertz CT molecular complexity index is 772. The molecule has 0 spiro atoms. The van der Waals surface area contributed by atoms with Gasteiger partial charge in [0.2, 0.25) is 0 Å². The van der Waals surface area contributed by atoms with Gasteiger partial charge in [-0.25, -0.2) is 13.6 Å². The fourth-order valence-corrected chi connectivity index (χ4v) is 2.61. The smallest absolute Gasteiger partial charge is 0.319 e. The first-order valence-electron chi connectivity index (χ1n) is 8.77. The highest BCUT2D eigenvalue weighted by molar-refractivity contribution is 5.91. The van der Waals surface area contributed by atoms with Crippen molar-refractivity contribution >= 4 is 17.7 Å². The maximum absolute atomic E-state index is 12.4. The van der Waals surface area contributed by atoms with Crippen LogP contribution >= 0.6 is 0 Å². The lowest BCUT2D eigenvalue weighted by atomic mass is 10.0. The second-order valence-electron chi connectivity index (χ2n) is 6.12. The van der Waals surface area contributed by atoms with Gasteiger partial charge in [-0.2, -0.15) is 0 Å². The summed E-state index contributed by atoms with van der Waals surface area (Å²) in [7, 11) is 0. The van der Waals surface area contributed by atoms with Crippen LogP contribution in [0.2, 0.25) is 0 Å². The van der Waals surface area contributed by atoms with E-state index in [1.54, 1.807) is 12.1 Å². The van der Waals surface area contributed by atoms with Crippen LogP contribution in [0.1, 0.15) is 18.4 Å². The molecule has 8 heteroatoms. The summed E-state index contributed by atoms with van der Waals surface area (Å²) >= 11 is 0. The maximum atomic E-state index is 12.4. The van der Waals surface area contributed by atoms with Crippen LogP contribution in [0.15, 0.2) is 54.6 Å². The Kier molecular flexibility index (Phi) is 8.20. The minimum absolute atomic E-state index is 0.0914. The number of rotatable bonds is 10. The Labute approximate surface area is 161 Å². The van der Waals surface area contributed by atoms with Gasteiger partial charge in [0.25, 0.3) is 6.43 Å². The molecule has 0 radical (unpaired) electrons. The van der Waals surface area contributed by atoms with E-state index in [0.717, 1.165) is 5.56 Å². The molecule has 2 aromatic rings. The van der Waals surface area contributed by atoms with Crippen molar-refractivity contribution in [3.8, 4) is 5.75 Å². The first-order chi connectivity index (χ1) is 13.4. The zero-order valence-corrected chi connectivity index (χ0v) is 15.1. The topological polar surface area (TPSA) is 87.7 Å². The minimum Gasteiger partial charge on any atom is -0.485 e. The van der Waals surface area contributed by atoms with E-state index in [2.05, 4.69) is 10.6 Å². The van der Waals surface area contributed by atoms with Gasteiger partial charge in [-0.3, -0.25) is 4.79 Å². The Balaban J connectivity index is 2.01. The monoisotopic (exact) mass is 392 g/mol. The zero-order chi connectivity index (χ0) is 20.4. The molecule has 0 aliphatic rings. The quantitative estimate of drug-likeness (QED) is 0.572. The minimum atomic E-state index is -2.63. The number of ether oxygens (including phenoxy) is 1. The molecule has 3 N–H and O–H groups in total. The average Bonchev–Trinajstić information content (AvgIpc) is 2.66. The highest BCUT2D eigenvalue weighted by Crippen LogP contribution is 2.24. The first kappa shape index (κ1) is 21.1. The van der Waals surface area contributed by atoms with Crippen molar-refractivity contribution in [1.82, 2.24) is 5.32 Å². The Morgan fingerprint density at radius 2 is 1.71 bits per heavy atom. The molecule has 1 unspecified atom stereocenters. The highest BCUT2D eigenvalue weighted by atomic mass is 19.3. The second-order valence-corrected chi connectivity index (χ2v) is 6.12. The van der Waals surface area contributed by atoms with Crippen LogP contribution in [-0.4, -0.2) is 36.2 Å². The van der Waals surface area contributed by atoms with E-state index in [4.69, 9.17) is 9.84 Å². The van der Waals surface area contributed by atoms with Crippen LogP contribution in [-0.2, 0) is 11.2 Å². The van der Waals surface area contributed by atoms with E-state index >= 15 is 0 Å².